The number of anilines is 4. The van der Waals surface area contributed by atoms with E-state index in [0.29, 0.717) is 21.4 Å². The van der Waals surface area contributed by atoms with Crippen LogP contribution in [0.1, 0.15) is 35.1 Å². The Kier molecular flexibility index (Phi) is 7.77. The zero-order valence-electron chi connectivity index (χ0n) is 22.4. The Bertz CT molecular complexity index is 1550. The second-order valence-corrected chi connectivity index (χ2v) is 12.2. The molecule has 0 aliphatic carbocycles. The van der Waals surface area contributed by atoms with Gasteiger partial charge >= 0.3 is 0 Å². The summed E-state index contributed by atoms with van der Waals surface area (Å²) in [7, 11) is -3.87. The van der Waals surface area contributed by atoms with Gasteiger partial charge in [-0.15, -0.1) is 0 Å². The number of nitrogens with zero attached hydrogens (tertiary/aromatic N) is 4. The number of halogens is 1. The summed E-state index contributed by atoms with van der Waals surface area (Å²) in [5.41, 5.74) is 4.69. The van der Waals surface area contributed by atoms with E-state index in [-0.39, 0.29) is 6.54 Å². The molecule has 0 atom stereocenters. The second-order valence-electron chi connectivity index (χ2n) is 9.97. The van der Waals surface area contributed by atoms with E-state index in [9.17, 15) is 8.42 Å². The summed E-state index contributed by atoms with van der Waals surface area (Å²) in [5, 5.41) is 3.93. The average molecular weight is 562 g/mol. The van der Waals surface area contributed by atoms with Gasteiger partial charge in [0.1, 0.15) is 5.82 Å². The number of benzene rings is 3. The lowest BCUT2D eigenvalue weighted by atomic mass is 10.1. The first-order valence-corrected chi connectivity index (χ1v) is 14.8. The summed E-state index contributed by atoms with van der Waals surface area (Å²) in [6, 6.07) is 20.3. The molecule has 0 bridgehead atoms. The minimum Gasteiger partial charge on any atom is -0.341 e. The van der Waals surface area contributed by atoms with E-state index in [4.69, 9.17) is 11.6 Å². The van der Waals surface area contributed by atoms with Crippen LogP contribution in [0.4, 0.5) is 23.1 Å². The van der Waals surface area contributed by atoms with Crippen LogP contribution in [-0.2, 0) is 16.6 Å². The van der Waals surface area contributed by atoms with Gasteiger partial charge in [0.2, 0.25) is 5.95 Å². The van der Waals surface area contributed by atoms with E-state index in [2.05, 4.69) is 20.2 Å². The van der Waals surface area contributed by atoms with Crippen molar-refractivity contribution in [2.24, 2.45) is 0 Å². The monoisotopic (exact) mass is 561 g/mol. The van der Waals surface area contributed by atoms with Crippen molar-refractivity contribution < 1.29 is 8.42 Å². The summed E-state index contributed by atoms with van der Waals surface area (Å²) in [5.74, 6) is 1.41. The van der Waals surface area contributed by atoms with Gasteiger partial charge in [-0.05, 0) is 92.8 Å². The van der Waals surface area contributed by atoms with Gasteiger partial charge in [-0.1, -0.05) is 41.4 Å². The molecule has 7 nitrogen and oxygen atoms in total. The largest absolute Gasteiger partial charge is 0.341 e. The number of aryl methyl sites for hydroxylation is 3. The molecule has 0 radical (unpaired) electrons. The Balaban J connectivity index is 1.46. The molecule has 3 aromatic carbocycles. The van der Waals surface area contributed by atoms with Crippen molar-refractivity contribution in [2.75, 3.05) is 27.6 Å². The molecule has 5 rings (SSSR count). The minimum atomic E-state index is -3.87. The zero-order chi connectivity index (χ0) is 27.6. The Morgan fingerprint density at radius 1 is 0.923 bits per heavy atom. The molecule has 0 spiro atoms. The van der Waals surface area contributed by atoms with Crippen LogP contribution in [0.15, 0.2) is 77.8 Å². The molecule has 1 aliphatic heterocycles. The van der Waals surface area contributed by atoms with Gasteiger partial charge in [0.25, 0.3) is 10.0 Å². The third-order valence-corrected chi connectivity index (χ3v) is 9.18. The van der Waals surface area contributed by atoms with E-state index in [0.717, 1.165) is 59.8 Å². The first kappa shape index (κ1) is 27.0. The number of hydrogen-bond donors (Lipinski definition) is 1. The summed E-state index contributed by atoms with van der Waals surface area (Å²) in [6.45, 7) is 7.77. The predicted octanol–water partition coefficient (Wildman–Crippen LogP) is 6.79. The van der Waals surface area contributed by atoms with Crippen LogP contribution in [0.5, 0.6) is 0 Å². The first-order chi connectivity index (χ1) is 18.7. The molecule has 2 heterocycles. The van der Waals surface area contributed by atoms with Gasteiger partial charge in [-0.3, -0.25) is 4.31 Å². The van der Waals surface area contributed by atoms with Gasteiger partial charge in [0.05, 0.1) is 17.1 Å². The Hall–Kier alpha value is -3.62. The van der Waals surface area contributed by atoms with E-state index in [1.54, 1.807) is 18.3 Å². The smallest absolute Gasteiger partial charge is 0.265 e. The molecular weight excluding hydrogens is 530 g/mol. The van der Waals surface area contributed by atoms with Crippen LogP contribution < -0.4 is 14.5 Å². The maximum Gasteiger partial charge on any atom is 0.265 e. The fraction of sp³-hybridized carbons (Fsp3) is 0.267. The summed E-state index contributed by atoms with van der Waals surface area (Å²) >= 11 is 6.09. The molecule has 1 N–H and O–H groups in total. The number of rotatable bonds is 8. The molecule has 4 aromatic rings. The lowest BCUT2D eigenvalue weighted by Gasteiger charge is -2.27. The molecule has 9 heteroatoms. The molecule has 1 saturated heterocycles. The highest BCUT2D eigenvalue weighted by Crippen LogP contribution is 2.32. The van der Waals surface area contributed by atoms with Crippen molar-refractivity contribution in [3.05, 3.63) is 100 Å². The Morgan fingerprint density at radius 2 is 1.56 bits per heavy atom. The van der Waals surface area contributed by atoms with Crippen LogP contribution in [-0.4, -0.2) is 31.5 Å². The molecule has 1 aliphatic rings. The number of nitrogens with one attached hydrogen (secondary N) is 1. The van der Waals surface area contributed by atoms with Crippen LogP contribution in [0.25, 0.3) is 0 Å². The van der Waals surface area contributed by atoms with Gasteiger partial charge in [0.15, 0.2) is 0 Å². The third-order valence-electron chi connectivity index (χ3n) is 6.85. The molecule has 1 fully saturated rings. The van der Waals surface area contributed by atoms with Crippen LogP contribution in [0.3, 0.4) is 0 Å². The average Bonchev–Trinajstić information content (AvgIpc) is 3.44. The molecule has 0 saturated carbocycles. The maximum atomic E-state index is 14.2. The number of hydrogen-bond acceptors (Lipinski definition) is 6. The predicted molar refractivity (Wildman–Crippen MR) is 159 cm³/mol. The fourth-order valence-electron chi connectivity index (χ4n) is 5.10. The van der Waals surface area contributed by atoms with Crippen LogP contribution in [0.2, 0.25) is 5.02 Å². The van der Waals surface area contributed by atoms with Crippen molar-refractivity contribution in [3.8, 4) is 0 Å². The topological polar surface area (TPSA) is 78.4 Å². The normalized spacial score (nSPS) is 13.5. The summed E-state index contributed by atoms with van der Waals surface area (Å²) in [4.78, 5) is 11.6. The molecule has 202 valence electrons. The van der Waals surface area contributed by atoms with Crippen LogP contribution >= 0.6 is 11.6 Å². The van der Waals surface area contributed by atoms with E-state index >= 15 is 0 Å². The molecule has 39 heavy (non-hydrogen) atoms. The Labute approximate surface area is 235 Å². The van der Waals surface area contributed by atoms with E-state index < -0.39 is 10.0 Å². The fourth-order valence-corrected chi connectivity index (χ4v) is 7.10. The Morgan fingerprint density at radius 3 is 2.21 bits per heavy atom. The quantitative estimate of drug-likeness (QED) is 0.255. The second kappa shape index (κ2) is 11.2. The van der Waals surface area contributed by atoms with Gasteiger partial charge in [0, 0.05) is 30.0 Å². The highest BCUT2D eigenvalue weighted by molar-refractivity contribution is 7.92. The molecule has 0 unspecified atom stereocenters. The van der Waals surface area contributed by atoms with Crippen molar-refractivity contribution in [2.45, 2.75) is 45.1 Å². The van der Waals surface area contributed by atoms with Gasteiger partial charge < -0.3 is 10.2 Å². The number of sulfonamides is 1. The standard InChI is InChI=1S/C30H32ClN5O2S/c1-21-18-22(2)29(23(3)19-21)39(37,38)36(20-24-6-8-25(31)9-7-24)27-12-10-26(11-13-27)33-28-14-15-32-30(34-28)35-16-4-5-17-35/h6-15,18-19H,4-5,16-17,20H2,1-3H3,(H,32,33,34). The zero-order valence-corrected chi connectivity index (χ0v) is 23.9. The molecule has 0 amide bonds. The highest BCUT2D eigenvalue weighted by Gasteiger charge is 2.29. The number of aromatic nitrogens is 2. The maximum absolute atomic E-state index is 14.2. The lowest BCUT2D eigenvalue weighted by Crippen LogP contribution is -2.31. The van der Waals surface area contributed by atoms with E-state index in [1.165, 1.54) is 4.31 Å². The minimum absolute atomic E-state index is 0.171. The van der Waals surface area contributed by atoms with Crippen molar-refractivity contribution in [1.29, 1.82) is 0 Å². The molecular formula is C30H32ClN5O2S. The first-order valence-electron chi connectivity index (χ1n) is 13.0. The highest BCUT2D eigenvalue weighted by atomic mass is 35.5. The van der Waals surface area contributed by atoms with E-state index in [1.807, 2.05) is 75.4 Å². The van der Waals surface area contributed by atoms with Gasteiger partial charge in [-0.2, -0.15) is 4.98 Å². The molecule has 1 aromatic heterocycles. The van der Waals surface area contributed by atoms with Gasteiger partial charge in [-0.25, -0.2) is 13.4 Å². The summed E-state index contributed by atoms with van der Waals surface area (Å²) in [6.07, 6.45) is 4.06. The van der Waals surface area contributed by atoms with Crippen LogP contribution in [0, 0.1) is 20.8 Å². The summed E-state index contributed by atoms with van der Waals surface area (Å²) < 4.78 is 29.8. The third kappa shape index (κ3) is 6.02. The van der Waals surface area contributed by atoms with Crippen molar-refractivity contribution in [3.63, 3.8) is 0 Å². The van der Waals surface area contributed by atoms with Crippen molar-refractivity contribution >= 4 is 44.8 Å². The lowest BCUT2D eigenvalue weighted by molar-refractivity contribution is 0.589. The van der Waals surface area contributed by atoms with Crippen molar-refractivity contribution in [1.82, 2.24) is 9.97 Å². The SMILES string of the molecule is Cc1cc(C)c(S(=O)(=O)N(Cc2ccc(Cl)cc2)c2ccc(Nc3ccnc(N4CCCC4)n3)cc2)c(C)c1.